The Kier molecular flexibility index (Phi) is 3.12. The van der Waals surface area contributed by atoms with Crippen molar-refractivity contribution in [2.75, 3.05) is 19.6 Å². The Balaban J connectivity index is 1.74. The van der Waals surface area contributed by atoms with Gasteiger partial charge in [-0.15, -0.1) is 0 Å². The molecule has 1 aromatic heterocycles. The molecule has 92 valence electrons. The van der Waals surface area contributed by atoms with Gasteiger partial charge in [0, 0.05) is 25.3 Å². The molecule has 0 bridgehead atoms. The summed E-state index contributed by atoms with van der Waals surface area (Å²) in [7, 11) is 0. The van der Waals surface area contributed by atoms with Crippen LogP contribution in [0.2, 0.25) is 0 Å². The molecule has 2 saturated heterocycles. The van der Waals surface area contributed by atoms with Crippen LogP contribution in [0.3, 0.4) is 0 Å². The number of aromatic nitrogens is 1. The highest BCUT2D eigenvalue weighted by Gasteiger charge is 2.34. The summed E-state index contributed by atoms with van der Waals surface area (Å²) in [6.07, 6.45) is 4.65. The van der Waals surface area contributed by atoms with Crippen LogP contribution in [-0.4, -0.2) is 35.6 Å². The maximum Gasteiger partial charge on any atom is 0.0573 e. The Labute approximate surface area is 103 Å². The molecular formula is C14H21N3. The summed E-state index contributed by atoms with van der Waals surface area (Å²) in [4.78, 5) is 7.15. The van der Waals surface area contributed by atoms with Gasteiger partial charge in [0.1, 0.15) is 0 Å². The third kappa shape index (κ3) is 2.22. The molecule has 2 fully saturated rings. The fourth-order valence-electron chi connectivity index (χ4n) is 3.24. The van der Waals surface area contributed by atoms with E-state index in [1.165, 1.54) is 37.2 Å². The Morgan fingerprint density at radius 3 is 3.29 bits per heavy atom. The molecule has 0 spiro atoms. The summed E-state index contributed by atoms with van der Waals surface area (Å²) < 4.78 is 0. The summed E-state index contributed by atoms with van der Waals surface area (Å²) in [6, 6.07) is 4.93. The van der Waals surface area contributed by atoms with Gasteiger partial charge >= 0.3 is 0 Å². The van der Waals surface area contributed by atoms with Crippen molar-refractivity contribution in [1.29, 1.82) is 0 Å². The minimum atomic E-state index is 0.741. The van der Waals surface area contributed by atoms with Crippen LogP contribution >= 0.6 is 0 Å². The number of hydrogen-bond donors (Lipinski definition) is 1. The Hall–Kier alpha value is -0.930. The second-order valence-corrected chi connectivity index (χ2v) is 5.37. The molecule has 2 aliphatic rings. The van der Waals surface area contributed by atoms with E-state index < -0.39 is 0 Å². The van der Waals surface area contributed by atoms with Crippen molar-refractivity contribution in [3.05, 3.63) is 29.6 Å². The first kappa shape index (κ1) is 11.2. The smallest absolute Gasteiger partial charge is 0.0573 e. The summed E-state index contributed by atoms with van der Waals surface area (Å²) in [6.45, 7) is 6.80. The summed E-state index contributed by atoms with van der Waals surface area (Å²) in [5.74, 6) is 0.868. The van der Waals surface area contributed by atoms with Crippen LogP contribution in [0, 0.1) is 12.8 Å². The van der Waals surface area contributed by atoms with E-state index in [9.17, 15) is 0 Å². The van der Waals surface area contributed by atoms with Gasteiger partial charge in [0.25, 0.3) is 0 Å². The normalized spacial score (nSPS) is 29.2. The first-order valence-corrected chi connectivity index (χ1v) is 6.70. The second kappa shape index (κ2) is 4.75. The standard InChI is InChI=1S/C14H21N3/c1-11-4-2-6-16-13(11)10-17-7-3-5-12-8-15-9-14(12)17/h2,4,6,12,14-15H,3,5,7-10H2,1H3. The number of likely N-dealkylation sites (tertiary alicyclic amines) is 1. The molecule has 0 aromatic carbocycles. The van der Waals surface area contributed by atoms with Crippen LogP contribution in [-0.2, 0) is 6.54 Å². The second-order valence-electron chi connectivity index (χ2n) is 5.37. The van der Waals surface area contributed by atoms with Crippen LogP contribution in [0.5, 0.6) is 0 Å². The minimum absolute atomic E-state index is 0.741. The van der Waals surface area contributed by atoms with Gasteiger partial charge in [0.15, 0.2) is 0 Å². The van der Waals surface area contributed by atoms with Crippen molar-refractivity contribution in [2.24, 2.45) is 5.92 Å². The van der Waals surface area contributed by atoms with Gasteiger partial charge in [-0.2, -0.15) is 0 Å². The Morgan fingerprint density at radius 1 is 1.47 bits per heavy atom. The van der Waals surface area contributed by atoms with Crippen molar-refractivity contribution >= 4 is 0 Å². The average Bonchev–Trinajstić information content (AvgIpc) is 2.81. The van der Waals surface area contributed by atoms with Crippen molar-refractivity contribution in [2.45, 2.75) is 32.4 Å². The van der Waals surface area contributed by atoms with E-state index in [2.05, 4.69) is 28.2 Å². The highest BCUT2D eigenvalue weighted by atomic mass is 15.2. The van der Waals surface area contributed by atoms with E-state index in [0.29, 0.717) is 0 Å². The third-order valence-corrected chi connectivity index (χ3v) is 4.26. The number of hydrogen-bond acceptors (Lipinski definition) is 3. The van der Waals surface area contributed by atoms with E-state index in [0.717, 1.165) is 25.0 Å². The molecule has 3 nitrogen and oxygen atoms in total. The lowest BCUT2D eigenvalue weighted by Gasteiger charge is -2.37. The van der Waals surface area contributed by atoms with Gasteiger partial charge < -0.3 is 5.32 Å². The lowest BCUT2D eigenvalue weighted by molar-refractivity contribution is 0.116. The average molecular weight is 231 g/mol. The molecule has 3 heteroatoms. The maximum absolute atomic E-state index is 4.52. The molecule has 0 saturated carbocycles. The topological polar surface area (TPSA) is 28.2 Å². The maximum atomic E-state index is 4.52. The molecular weight excluding hydrogens is 210 g/mol. The van der Waals surface area contributed by atoms with Gasteiger partial charge in [-0.05, 0) is 50.4 Å². The summed E-state index contributed by atoms with van der Waals surface area (Å²) in [5.41, 5.74) is 2.57. The van der Waals surface area contributed by atoms with Crippen molar-refractivity contribution in [3.8, 4) is 0 Å². The first-order chi connectivity index (χ1) is 8.34. The van der Waals surface area contributed by atoms with Gasteiger partial charge in [-0.25, -0.2) is 0 Å². The van der Waals surface area contributed by atoms with Crippen LogP contribution in [0.1, 0.15) is 24.1 Å². The fraction of sp³-hybridized carbons (Fsp3) is 0.643. The molecule has 17 heavy (non-hydrogen) atoms. The number of piperidine rings is 1. The number of pyridine rings is 1. The van der Waals surface area contributed by atoms with Gasteiger partial charge in [-0.3, -0.25) is 9.88 Å². The third-order valence-electron chi connectivity index (χ3n) is 4.26. The largest absolute Gasteiger partial charge is 0.315 e. The first-order valence-electron chi connectivity index (χ1n) is 6.70. The lowest BCUT2D eigenvalue weighted by atomic mass is 9.92. The zero-order valence-corrected chi connectivity index (χ0v) is 10.5. The number of nitrogens with zero attached hydrogens (tertiary/aromatic N) is 2. The summed E-state index contributed by atoms with van der Waals surface area (Å²) >= 11 is 0. The zero-order valence-electron chi connectivity index (χ0n) is 10.5. The Bertz CT molecular complexity index is 391. The van der Waals surface area contributed by atoms with Crippen LogP contribution in [0.4, 0.5) is 0 Å². The van der Waals surface area contributed by atoms with E-state index in [1.807, 2.05) is 12.3 Å². The fourth-order valence-corrected chi connectivity index (χ4v) is 3.24. The molecule has 0 amide bonds. The van der Waals surface area contributed by atoms with Crippen LogP contribution in [0.25, 0.3) is 0 Å². The van der Waals surface area contributed by atoms with Crippen molar-refractivity contribution in [1.82, 2.24) is 15.2 Å². The van der Waals surface area contributed by atoms with Gasteiger partial charge in [0.05, 0.1) is 5.69 Å². The lowest BCUT2D eigenvalue weighted by Crippen LogP contribution is -2.44. The molecule has 0 radical (unpaired) electrons. The van der Waals surface area contributed by atoms with E-state index in [4.69, 9.17) is 0 Å². The van der Waals surface area contributed by atoms with Crippen molar-refractivity contribution in [3.63, 3.8) is 0 Å². The summed E-state index contributed by atoms with van der Waals surface area (Å²) in [5, 5.41) is 3.53. The molecule has 2 atom stereocenters. The monoisotopic (exact) mass is 231 g/mol. The quantitative estimate of drug-likeness (QED) is 0.837. The zero-order chi connectivity index (χ0) is 11.7. The van der Waals surface area contributed by atoms with Crippen LogP contribution < -0.4 is 5.32 Å². The minimum Gasteiger partial charge on any atom is -0.315 e. The molecule has 3 rings (SSSR count). The molecule has 0 aliphatic carbocycles. The molecule has 2 aliphatic heterocycles. The molecule has 2 unspecified atom stereocenters. The Morgan fingerprint density at radius 2 is 2.41 bits per heavy atom. The molecule has 1 N–H and O–H groups in total. The number of fused-ring (bicyclic) bond motifs is 1. The number of rotatable bonds is 2. The van der Waals surface area contributed by atoms with Gasteiger partial charge in [0.2, 0.25) is 0 Å². The van der Waals surface area contributed by atoms with E-state index >= 15 is 0 Å². The highest BCUT2D eigenvalue weighted by Crippen LogP contribution is 2.27. The number of nitrogens with one attached hydrogen (secondary N) is 1. The SMILES string of the molecule is Cc1cccnc1CN1CCCC2CNCC21. The predicted octanol–water partition coefficient (Wildman–Crippen LogP) is 1.57. The van der Waals surface area contributed by atoms with Gasteiger partial charge in [-0.1, -0.05) is 6.07 Å². The predicted molar refractivity (Wildman–Crippen MR) is 68.8 cm³/mol. The van der Waals surface area contributed by atoms with Crippen LogP contribution in [0.15, 0.2) is 18.3 Å². The molecule has 3 heterocycles. The van der Waals surface area contributed by atoms with E-state index in [1.54, 1.807) is 0 Å². The molecule has 1 aromatic rings. The van der Waals surface area contributed by atoms with Crippen molar-refractivity contribution < 1.29 is 0 Å². The van der Waals surface area contributed by atoms with E-state index in [-0.39, 0.29) is 0 Å². The highest BCUT2D eigenvalue weighted by molar-refractivity contribution is 5.17. The number of aryl methyl sites for hydroxylation is 1.